The quantitative estimate of drug-likeness (QED) is 0.551. The molecule has 0 fully saturated rings. The van der Waals surface area contributed by atoms with Gasteiger partial charge in [-0.2, -0.15) is 0 Å². The Hall–Kier alpha value is -0.310. The first-order chi connectivity index (χ1) is 6.99. The van der Waals surface area contributed by atoms with Crippen molar-refractivity contribution < 1.29 is 0 Å². The van der Waals surface area contributed by atoms with Crippen LogP contribution in [0.1, 0.15) is 26.9 Å². The van der Waals surface area contributed by atoms with Gasteiger partial charge in [0, 0.05) is 19.5 Å². The Morgan fingerprint density at radius 1 is 0.875 bits per heavy atom. The molecule has 3 heteroatoms. The molecule has 0 N–H and O–H groups in total. The molecule has 0 saturated heterocycles. The summed E-state index contributed by atoms with van der Waals surface area (Å²) in [6.07, 6.45) is 0. The summed E-state index contributed by atoms with van der Waals surface area (Å²) in [7, 11) is 0. The zero-order chi connectivity index (χ0) is 11.4. The maximum atomic E-state index is 5.74. The Balaban J connectivity index is 0.000000267. The van der Waals surface area contributed by atoms with Crippen LogP contribution in [-0.2, 0) is 0 Å². The van der Waals surface area contributed by atoms with Crippen LogP contribution in [0.15, 0.2) is 18.2 Å². The molecule has 0 saturated carbocycles. The molecule has 90 valence electrons. The molecule has 2 heterocycles. The van der Waals surface area contributed by atoms with Gasteiger partial charge in [-0.15, -0.1) is 22.7 Å². The highest BCUT2D eigenvalue weighted by Gasteiger charge is 1.96. The Labute approximate surface area is 112 Å². The van der Waals surface area contributed by atoms with E-state index < -0.39 is 0 Å². The largest absolute Gasteiger partial charge is 0.146 e. The van der Waals surface area contributed by atoms with Gasteiger partial charge in [0.25, 0.3) is 0 Å². The van der Waals surface area contributed by atoms with Crippen LogP contribution in [0, 0.1) is 27.7 Å². The maximum absolute atomic E-state index is 5.74. The van der Waals surface area contributed by atoms with E-state index in [-0.39, 0.29) is 7.43 Å². The average molecular weight is 275 g/mol. The number of hydrogen-bond acceptors (Lipinski definition) is 2. The second-order valence-electron chi connectivity index (χ2n) is 3.42. The van der Waals surface area contributed by atoms with Crippen molar-refractivity contribution in [2.75, 3.05) is 0 Å². The number of aryl methyl sites for hydroxylation is 4. The molecule has 16 heavy (non-hydrogen) atoms. The molecule has 0 nitrogen and oxygen atoms in total. The van der Waals surface area contributed by atoms with E-state index in [1.165, 1.54) is 19.5 Å². The second kappa shape index (κ2) is 7.10. The third-order valence-corrected chi connectivity index (χ3v) is 4.24. The Kier molecular flexibility index (Phi) is 6.96. The second-order valence-corrected chi connectivity index (χ2v) is 6.78. The van der Waals surface area contributed by atoms with Gasteiger partial charge in [-0.25, -0.2) is 0 Å². The van der Waals surface area contributed by atoms with Crippen LogP contribution >= 0.6 is 34.3 Å². The molecule has 0 spiro atoms. The van der Waals surface area contributed by atoms with E-state index in [1.54, 1.807) is 11.3 Å². The van der Waals surface area contributed by atoms with Crippen LogP contribution in [-0.4, -0.2) is 0 Å². The summed E-state index contributed by atoms with van der Waals surface area (Å²) in [5.74, 6) is 0. The van der Waals surface area contributed by atoms with Gasteiger partial charge < -0.3 is 0 Å². The van der Waals surface area contributed by atoms with Gasteiger partial charge >= 0.3 is 0 Å². The summed E-state index contributed by atoms with van der Waals surface area (Å²) in [4.78, 5) is 5.30. The van der Waals surface area contributed by atoms with E-state index >= 15 is 0 Å². The number of hydrogen-bond donors (Lipinski definition) is 0. The van der Waals surface area contributed by atoms with Crippen molar-refractivity contribution in [1.29, 1.82) is 0 Å². The number of rotatable bonds is 0. The Morgan fingerprint density at radius 2 is 1.38 bits per heavy atom. The van der Waals surface area contributed by atoms with Crippen LogP contribution in [0.4, 0.5) is 0 Å². The monoisotopic (exact) mass is 274 g/mol. The minimum absolute atomic E-state index is 0. The van der Waals surface area contributed by atoms with Crippen molar-refractivity contribution in [3.05, 3.63) is 42.7 Å². The summed E-state index contributed by atoms with van der Waals surface area (Å²) in [5, 5.41) is 0.896. The van der Waals surface area contributed by atoms with Crippen LogP contribution < -0.4 is 0 Å². The fourth-order valence-electron chi connectivity index (χ4n) is 1.16. The lowest BCUT2D eigenvalue weighted by atomic mass is 10.5. The van der Waals surface area contributed by atoms with E-state index in [0.29, 0.717) is 0 Å². The molecule has 0 aromatic carbocycles. The highest BCUT2D eigenvalue weighted by atomic mass is 35.5. The minimum Gasteiger partial charge on any atom is -0.146 e. The van der Waals surface area contributed by atoms with E-state index in [1.807, 2.05) is 24.3 Å². The average Bonchev–Trinajstić information content (AvgIpc) is 2.61. The third-order valence-electron chi connectivity index (χ3n) is 1.86. The van der Waals surface area contributed by atoms with Crippen molar-refractivity contribution >= 4 is 34.3 Å². The SMILES string of the molecule is C.Cc1cc(Cl)c(C)s1.Cc1ccc(C)s1. The maximum Gasteiger partial charge on any atom is 0.0544 e. The Bertz CT molecular complexity index is 391. The van der Waals surface area contributed by atoms with Crippen molar-refractivity contribution in [3.63, 3.8) is 0 Å². The summed E-state index contributed by atoms with van der Waals surface area (Å²) in [6.45, 7) is 8.33. The van der Waals surface area contributed by atoms with Crippen LogP contribution in [0.5, 0.6) is 0 Å². The fraction of sp³-hybridized carbons (Fsp3) is 0.385. The predicted molar refractivity (Wildman–Crippen MR) is 79.3 cm³/mol. The van der Waals surface area contributed by atoms with Gasteiger partial charge in [0.15, 0.2) is 0 Å². The molecule has 0 amide bonds. The Morgan fingerprint density at radius 3 is 1.50 bits per heavy atom. The summed E-state index contributed by atoms with van der Waals surface area (Å²) < 4.78 is 0. The normalized spacial score (nSPS) is 9.06. The van der Waals surface area contributed by atoms with Gasteiger partial charge in [-0.05, 0) is 45.9 Å². The lowest BCUT2D eigenvalue weighted by molar-refractivity contribution is 1.61. The first kappa shape index (κ1) is 15.7. The molecular formula is C13H19ClS2. The fourth-order valence-corrected chi connectivity index (χ4v) is 3.10. The number of halogens is 1. The van der Waals surface area contributed by atoms with Crippen LogP contribution in [0.25, 0.3) is 0 Å². The molecule has 0 unspecified atom stereocenters. The predicted octanol–water partition coefficient (Wildman–Crippen LogP) is 6.02. The molecule has 0 bridgehead atoms. The number of thiophene rings is 2. The van der Waals surface area contributed by atoms with Gasteiger partial charge in [0.1, 0.15) is 0 Å². The smallest absolute Gasteiger partial charge is 0.0544 e. The van der Waals surface area contributed by atoms with Gasteiger partial charge in [-0.1, -0.05) is 19.0 Å². The summed E-state index contributed by atoms with van der Waals surface area (Å²) in [6, 6.07) is 6.27. The summed E-state index contributed by atoms with van der Waals surface area (Å²) >= 11 is 9.32. The van der Waals surface area contributed by atoms with Gasteiger partial charge in [0.2, 0.25) is 0 Å². The zero-order valence-corrected chi connectivity index (χ0v) is 11.8. The van der Waals surface area contributed by atoms with Crippen molar-refractivity contribution in [2.45, 2.75) is 35.1 Å². The van der Waals surface area contributed by atoms with E-state index in [4.69, 9.17) is 11.6 Å². The standard InChI is InChI=1S/C6H7ClS.C6H8S.CH4/c1-4-3-6(7)5(2)8-4;1-5-3-4-6(2)7-5;/h3H,1-2H3;3-4H,1-2H3;1H4. The lowest BCUT2D eigenvalue weighted by Crippen LogP contribution is -1.53. The van der Waals surface area contributed by atoms with E-state index in [2.05, 4.69) is 32.9 Å². The van der Waals surface area contributed by atoms with Crippen molar-refractivity contribution in [1.82, 2.24) is 0 Å². The molecular weight excluding hydrogens is 256 g/mol. The molecule has 0 radical (unpaired) electrons. The highest BCUT2D eigenvalue weighted by molar-refractivity contribution is 7.12. The molecule has 0 aliphatic rings. The first-order valence-corrected chi connectivity index (χ1v) is 6.75. The van der Waals surface area contributed by atoms with Gasteiger partial charge in [0.05, 0.1) is 5.02 Å². The van der Waals surface area contributed by atoms with Crippen LogP contribution in [0.2, 0.25) is 5.02 Å². The van der Waals surface area contributed by atoms with Crippen molar-refractivity contribution in [3.8, 4) is 0 Å². The lowest BCUT2D eigenvalue weighted by Gasteiger charge is -1.76. The first-order valence-electron chi connectivity index (χ1n) is 4.74. The molecule has 0 aliphatic carbocycles. The van der Waals surface area contributed by atoms with Crippen molar-refractivity contribution in [2.24, 2.45) is 0 Å². The zero-order valence-electron chi connectivity index (χ0n) is 9.43. The molecule has 2 rings (SSSR count). The summed E-state index contributed by atoms with van der Waals surface area (Å²) in [5.41, 5.74) is 0. The molecule has 0 atom stereocenters. The minimum atomic E-state index is 0. The third kappa shape index (κ3) is 5.15. The topological polar surface area (TPSA) is 0 Å². The van der Waals surface area contributed by atoms with E-state index in [0.717, 1.165) is 5.02 Å². The molecule has 0 aliphatic heterocycles. The molecule has 2 aromatic rings. The van der Waals surface area contributed by atoms with Crippen LogP contribution in [0.3, 0.4) is 0 Å². The van der Waals surface area contributed by atoms with Gasteiger partial charge in [-0.3, -0.25) is 0 Å². The van der Waals surface area contributed by atoms with E-state index in [9.17, 15) is 0 Å². The highest BCUT2D eigenvalue weighted by Crippen LogP contribution is 2.24. The molecule has 2 aromatic heterocycles.